The monoisotopic (exact) mass is 509 g/mol. The van der Waals surface area contributed by atoms with Crippen molar-refractivity contribution in [1.29, 1.82) is 0 Å². The van der Waals surface area contributed by atoms with Gasteiger partial charge >= 0.3 is 0 Å². The lowest BCUT2D eigenvalue weighted by molar-refractivity contribution is -0.0395. The number of nitrogens with zero attached hydrogens (tertiary/aromatic N) is 2. The van der Waals surface area contributed by atoms with E-state index in [0.29, 0.717) is 49.1 Å². The highest BCUT2D eigenvalue weighted by atomic mass is 19.1. The van der Waals surface area contributed by atoms with Crippen molar-refractivity contribution in [3.8, 4) is 0 Å². The number of fused-ring (bicyclic) bond motifs is 1. The van der Waals surface area contributed by atoms with Crippen molar-refractivity contribution in [2.45, 2.75) is 57.8 Å². The quantitative estimate of drug-likeness (QED) is 0.530. The van der Waals surface area contributed by atoms with Crippen molar-refractivity contribution < 1.29 is 23.8 Å². The molecule has 3 aromatic rings. The van der Waals surface area contributed by atoms with E-state index < -0.39 is 23.9 Å². The Morgan fingerprint density at radius 1 is 1.22 bits per heavy atom. The first-order valence-electron chi connectivity index (χ1n) is 12.8. The summed E-state index contributed by atoms with van der Waals surface area (Å²) in [6, 6.07) is 6.04. The molecule has 0 aliphatic carbocycles. The molecule has 0 spiro atoms. The number of amides is 1. The summed E-state index contributed by atoms with van der Waals surface area (Å²) in [4.78, 5) is 30.5. The molecule has 3 atom stereocenters. The van der Waals surface area contributed by atoms with E-state index in [1.165, 1.54) is 23.0 Å². The predicted octanol–water partition coefficient (Wildman–Crippen LogP) is 2.97. The van der Waals surface area contributed by atoms with Gasteiger partial charge in [-0.05, 0) is 80.0 Å². The van der Waals surface area contributed by atoms with Gasteiger partial charge in [0.2, 0.25) is 0 Å². The lowest BCUT2D eigenvalue weighted by atomic mass is 9.94. The molecule has 0 unspecified atom stereocenters. The van der Waals surface area contributed by atoms with Gasteiger partial charge in [0, 0.05) is 19.8 Å². The summed E-state index contributed by atoms with van der Waals surface area (Å²) in [5, 5.41) is 13.6. The fourth-order valence-electron chi connectivity index (χ4n) is 5.25. The van der Waals surface area contributed by atoms with E-state index in [0.717, 1.165) is 29.5 Å². The zero-order valence-corrected chi connectivity index (χ0v) is 21.1. The van der Waals surface area contributed by atoms with E-state index in [9.17, 15) is 19.1 Å². The summed E-state index contributed by atoms with van der Waals surface area (Å²) in [5.74, 6) is -1.05. The first kappa shape index (κ1) is 25.5. The standard InChI is InChI=1S/C28H32FN3O5/c1-16-17(2)26-22(28(35)32(15-31-26)24-7-9-36-14-25(24)33)12-19(16)10-18-5-6-21(23(29)11-18)27(34)30-13-20-4-3-8-37-20/h5-6,11-12,15,20,24-25,33H,3-4,7-10,13-14H2,1-2H3,(H,30,34)/t20-,24+,25+/m1/s1. The molecule has 9 heteroatoms. The average Bonchev–Trinajstić information content (AvgIpc) is 3.41. The van der Waals surface area contributed by atoms with Gasteiger partial charge in [0.25, 0.3) is 11.5 Å². The molecule has 2 saturated heterocycles. The second kappa shape index (κ2) is 10.7. The third kappa shape index (κ3) is 5.16. The minimum Gasteiger partial charge on any atom is -0.389 e. The maximum absolute atomic E-state index is 14.9. The first-order chi connectivity index (χ1) is 17.8. The number of hydrogen-bond donors (Lipinski definition) is 2. The maximum Gasteiger partial charge on any atom is 0.261 e. The molecular formula is C28H32FN3O5. The summed E-state index contributed by atoms with van der Waals surface area (Å²) >= 11 is 0. The Morgan fingerprint density at radius 3 is 2.78 bits per heavy atom. The predicted molar refractivity (Wildman–Crippen MR) is 136 cm³/mol. The van der Waals surface area contributed by atoms with Gasteiger partial charge in [-0.1, -0.05) is 6.07 Å². The number of aliphatic hydroxyl groups excluding tert-OH is 1. The SMILES string of the molecule is Cc1c(Cc2ccc(C(=O)NC[C@H]3CCCO3)c(F)c2)cc2c(=O)n([C@H]3CCOC[C@@H]3O)cnc2c1C. The summed E-state index contributed by atoms with van der Waals surface area (Å²) < 4.78 is 27.2. The summed E-state index contributed by atoms with van der Waals surface area (Å²) in [6.45, 7) is 5.59. The molecule has 2 fully saturated rings. The van der Waals surface area contributed by atoms with Crippen LogP contribution in [0.1, 0.15) is 57.9 Å². The van der Waals surface area contributed by atoms with Gasteiger partial charge in [0.05, 0.1) is 47.7 Å². The zero-order chi connectivity index (χ0) is 26.1. The molecule has 5 rings (SSSR count). The highest BCUT2D eigenvalue weighted by Gasteiger charge is 2.27. The Balaban J connectivity index is 1.40. The van der Waals surface area contributed by atoms with Gasteiger partial charge in [-0.15, -0.1) is 0 Å². The molecule has 1 amide bonds. The van der Waals surface area contributed by atoms with E-state index in [2.05, 4.69) is 10.3 Å². The average molecular weight is 510 g/mol. The summed E-state index contributed by atoms with van der Waals surface area (Å²) in [6.07, 6.45) is 3.50. The van der Waals surface area contributed by atoms with Crippen LogP contribution in [0.2, 0.25) is 0 Å². The van der Waals surface area contributed by atoms with Crippen molar-refractivity contribution in [3.05, 3.63) is 74.6 Å². The fourth-order valence-corrected chi connectivity index (χ4v) is 5.25. The van der Waals surface area contributed by atoms with Gasteiger partial charge < -0.3 is 19.9 Å². The molecule has 3 heterocycles. The third-order valence-electron chi connectivity index (χ3n) is 7.58. The number of nitrogens with one attached hydrogen (secondary N) is 1. The lowest BCUT2D eigenvalue weighted by Crippen LogP contribution is -2.39. The highest BCUT2D eigenvalue weighted by Crippen LogP contribution is 2.26. The van der Waals surface area contributed by atoms with Crippen molar-refractivity contribution in [1.82, 2.24) is 14.9 Å². The van der Waals surface area contributed by atoms with Gasteiger partial charge in [0.1, 0.15) is 5.82 Å². The van der Waals surface area contributed by atoms with E-state index >= 15 is 0 Å². The molecular weight excluding hydrogens is 477 g/mol. The second-order valence-electron chi connectivity index (χ2n) is 9.97. The van der Waals surface area contributed by atoms with Crippen LogP contribution >= 0.6 is 0 Å². The molecule has 2 aliphatic rings. The first-order valence-corrected chi connectivity index (χ1v) is 12.8. The van der Waals surface area contributed by atoms with Crippen molar-refractivity contribution in [2.75, 3.05) is 26.4 Å². The van der Waals surface area contributed by atoms with Crippen LogP contribution in [0, 0.1) is 19.7 Å². The van der Waals surface area contributed by atoms with Crippen LogP contribution < -0.4 is 10.9 Å². The van der Waals surface area contributed by atoms with E-state index in [1.807, 2.05) is 19.9 Å². The number of carbonyl (C=O) groups is 1. The number of halogens is 1. The number of carbonyl (C=O) groups excluding carboxylic acids is 1. The molecule has 2 N–H and O–H groups in total. The van der Waals surface area contributed by atoms with Gasteiger partial charge in [-0.25, -0.2) is 9.37 Å². The third-order valence-corrected chi connectivity index (χ3v) is 7.58. The van der Waals surface area contributed by atoms with Crippen LogP contribution in [0.4, 0.5) is 4.39 Å². The Labute approximate surface area is 214 Å². The Bertz CT molecular complexity index is 1380. The molecule has 0 bridgehead atoms. The van der Waals surface area contributed by atoms with Gasteiger partial charge in [-0.2, -0.15) is 0 Å². The van der Waals surface area contributed by atoms with E-state index in [4.69, 9.17) is 9.47 Å². The second-order valence-corrected chi connectivity index (χ2v) is 9.97. The molecule has 0 saturated carbocycles. The molecule has 196 valence electrons. The van der Waals surface area contributed by atoms with Gasteiger partial charge in [0.15, 0.2) is 0 Å². The van der Waals surface area contributed by atoms with Crippen LogP contribution in [0.25, 0.3) is 10.9 Å². The number of aryl methyl sites for hydroxylation is 1. The zero-order valence-electron chi connectivity index (χ0n) is 21.1. The smallest absolute Gasteiger partial charge is 0.261 e. The van der Waals surface area contributed by atoms with E-state index in [-0.39, 0.29) is 23.8 Å². The maximum atomic E-state index is 14.9. The van der Waals surface area contributed by atoms with Crippen LogP contribution in [-0.2, 0) is 15.9 Å². The lowest BCUT2D eigenvalue weighted by Gasteiger charge is -2.29. The molecule has 2 aliphatic heterocycles. The minimum atomic E-state index is -0.777. The number of hydrogen-bond acceptors (Lipinski definition) is 6. The van der Waals surface area contributed by atoms with Crippen LogP contribution in [0.3, 0.4) is 0 Å². The van der Waals surface area contributed by atoms with Crippen LogP contribution in [-0.4, -0.2) is 59.1 Å². The molecule has 8 nitrogen and oxygen atoms in total. The number of rotatable bonds is 6. The normalized spacial score (nSPS) is 21.9. The largest absolute Gasteiger partial charge is 0.389 e. The Morgan fingerprint density at radius 2 is 2.05 bits per heavy atom. The Kier molecular flexibility index (Phi) is 7.37. The number of aliphatic hydroxyl groups is 1. The van der Waals surface area contributed by atoms with Crippen molar-refractivity contribution in [2.24, 2.45) is 0 Å². The topological polar surface area (TPSA) is 103 Å². The summed E-state index contributed by atoms with van der Waals surface area (Å²) in [7, 11) is 0. The van der Waals surface area contributed by atoms with Gasteiger partial charge in [-0.3, -0.25) is 14.2 Å². The minimum absolute atomic E-state index is 0.00438. The fraction of sp³-hybridized carbons (Fsp3) is 0.464. The molecule has 37 heavy (non-hydrogen) atoms. The highest BCUT2D eigenvalue weighted by molar-refractivity contribution is 5.94. The molecule has 0 radical (unpaired) electrons. The number of aromatic nitrogens is 2. The Hall–Kier alpha value is -3.14. The van der Waals surface area contributed by atoms with Crippen LogP contribution in [0.15, 0.2) is 35.4 Å². The number of benzene rings is 2. The van der Waals surface area contributed by atoms with Crippen LogP contribution in [0.5, 0.6) is 0 Å². The summed E-state index contributed by atoms with van der Waals surface area (Å²) in [5.41, 5.74) is 3.83. The van der Waals surface area contributed by atoms with Crippen molar-refractivity contribution >= 4 is 16.8 Å². The van der Waals surface area contributed by atoms with E-state index in [1.54, 1.807) is 6.07 Å². The molecule has 2 aromatic carbocycles. The van der Waals surface area contributed by atoms with Crippen molar-refractivity contribution in [3.63, 3.8) is 0 Å². The molecule has 1 aromatic heterocycles. The number of ether oxygens (including phenoxy) is 2.